The fourth-order valence-corrected chi connectivity index (χ4v) is 3.00. The Morgan fingerprint density at radius 2 is 1.50 bits per heavy atom. The zero-order chi connectivity index (χ0) is 17.1. The highest BCUT2D eigenvalue weighted by atomic mass is 32.2. The number of anilines is 1. The SMILES string of the molecule is CSC(=NC(C)(C)C)Nc1c(C(C)C)cc(C)cc1C(C)C. The molecule has 0 atom stereocenters. The molecule has 22 heavy (non-hydrogen) atoms. The maximum Gasteiger partial charge on any atom is 0.161 e. The van der Waals surface area contributed by atoms with E-state index >= 15 is 0 Å². The van der Waals surface area contributed by atoms with E-state index < -0.39 is 0 Å². The molecule has 1 aromatic carbocycles. The van der Waals surface area contributed by atoms with Crippen molar-refractivity contribution in [2.24, 2.45) is 4.99 Å². The number of nitrogens with zero attached hydrogens (tertiary/aromatic N) is 1. The Morgan fingerprint density at radius 3 is 1.82 bits per heavy atom. The van der Waals surface area contributed by atoms with Crippen molar-refractivity contribution in [3.8, 4) is 0 Å². The zero-order valence-electron chi connectivity index (χ0n) is 15.7. The molecule has 0 saturated heterocycles. The Labute approximate surface area is 141 Å². The van der Waals surface area contributed by atoms with Gasteiger partial charge >= 0.3 is 0 Å². The number of rotatable bonds is 3. The molecule has 2 nitrogen and oxygen atoms in total. The Balaban J connectivity index is 3.40. The van der Waals surface area contributed by atoms with Gasteiger partial charge in [0.1, 0.15) is 0 Å². The molecule has 0 unspecified atom stereocenters. The van der Waals surface area contributed by atoms with Crippen LogP contribution in [0, 0.1) is 6.92 Å². The summed E-state index contributed by atoms with van der Waals surface area (Å²) in [5, 5.41) is 4.61. The summed E-state index contributed by atoms with van der Waals surface area (Å²) < 4.78 is 0. The second-order valence-electron chi connectivity index (χ2n) is 7.54. The van der Waals surface area contributed by atoms with Crippen molar-refractivity contribution >= 4 is 22.6 Å². The van der Waals surface area contributed by atoms with Gasteiger partial charge in [-0.2, -0.15) is 0 Å². The van der Waals surface area contributed by atoms with E-state index in [0.29, 0.717) is 11.8 Å². The molecule has 1 N–H and O–H groups in total. The maximum absolute atomic E-state index is 4.81. The molecule has 3 heteroatoms. The highest BCUT2D eigenvalue weighted by Crippen LogP contribution is 2.34. The largest absolute Gasteiger partial charge is 0.335 e. The van der Waals surface area contributed by atoms with Gasteiger partial charge in [-0.15, -0.1) is 0 Å². The minimum Gasteiger partial charge on any atom is -0.335 e. The highest BCUT2D eigenvalue weighted by molar-refractivity contribution is 8.13. The Hall–Kier alpha value is -0.960. The number of thioether (sulfide) groups is 1. The van der Waals surface area contributed by atoms with Crippen molar-refractivity contribution in [1.29, 1.82) is 0 Å². The number of amidine groups is 1. The van der Waals surface area contributed by atoms with Gasteiger partial charge in [-0.25, -0.2) is 0 Å². The Bertz CT molecular complexity index is 508. The van der Waals surface area contributed by atoms with E-state index in [-0.39, 0.29) is 5.54 Å². The molecule has 0 aliphatic heterocycles. The molecular weight excluding hydrogens is 288 g/mol. The molecule has 1 rings (SSSR count). The van der Waals surface area contributed by atoms with Gasteiger partial charge in [0.25, 0.3) is 0 Å². The molecule has 0 fully saturated rings. The second-order valence-corrected chi connectivity index (χ2v) is 8.34. The molecule has 0 heterocycles. The summed E-state index contributed by atoms with van der Waals surface area (Å²) in [6.07, 6.45) is 2.08. The maximum atomic E-state index is 4.81. The first-order valence-electron chi connectivity index (χ1n) is 8.10. The summed E-state index contributed by atoms with van der Waals surface area (Å²) in [6, 6.07) is 4.60. The van der Waals surface area contributed by atoms with Crippen LogP contribution in [-0.2, 0) is 0 Å². The zero-order valence-corrected chi connectivity index (χ0v) is 16.5. The van der Waals surface area contributed by atoms with Gasteiger partial charge in [0.05, 0.1) is 5.54 Å². The molecule has 0 aromatic heterocycles. The van der Waals surface area contributed by atoms with Gasteiger partial charge in [0.15, 0.2) is 5.17 Å². The first kappa shape index (κ1) is 19.1. The average Bonchev–Trinajstić information content (AvgIpc) is 2.37. The summed E-state index contributed by atoms with van der Waals surface area (Å²) in [5.41, 5.74) is 5.24. The van der Waals surface area contributed by atoms with E-state index in [1.54, 1.807) is 11.8 Å². The third kappa shape index (κ3) is 5.35. The van der Waals surface area contributed by atoms with Gasteiger partial charge < -0.3 is 5.32 Å². The predicted octanol–water partition coefficient (Wildman–Crippen LogP) is 6.17. The lowest BCUT2D eigenvalue weighted by Gasteiger charge is -2.23. The van der Waals surface area contributed by atoms with Crippen LogP contribution in [0.2, 0.25) is 0 Å². The molecular formula is C19H32N2S. The van der Waals surface area contributed by atoms with E-state index in [9.17, 15) is 0 Å². The molecule has 0 amide bonds. The molecule has 1 aromatic rings. The van der Waals surface area contributed by atoms with Crippen molar-refractivity contribution in [3.05, 3.63) is 28.8 Å². The van der Waals surface area contributed by atoms with Crippen molar-refractivity contribution in [3.63, 3.8) is 0 Å². The lowest BCUT2D eigenvalue weighted by molar-refractivity contribution is 0.585. The van der Waals surface area contributed by atoms with Crippen molar-refractivity contribution < 1.29 is 0 Å². The quantitative estimate of drug-likeness (QED) is 0.532. The van der Waals surface area contributed by atoms with Gasteiger partial charge in [0, 0.05) is 5.69 Å². The number of aliphatic imine (C=N–C) groups is 1. The monoisotopic (exact) mass is 320 g/mol. The van der Waals surface area contributed by atoms with Crippen LogP contribution in [0.1, 0.15) is 77.0 Å². The summed E-state index contributed by atoms with van der Waals surface area (Å²) >= 11 is 1.68. The van der Waals surface area contributed by atoms with Crippen molar-refractivity contribution in [2.75, 3.05) is 11.6 Å². The second kappa shape index (κ2) is 7.54. The van der Waals surface area contributed by atoms with Crippen LogP contribution in [0.3, 0.4) is 0 Å². The summed E-state index contributed by atoms with van der Waals surface area (Å²) in [6.45, 7) is 17.6. The number of benzene rings is 1. The molecule has 0 bridgehead atoms. The Kier molecular flexibility index (Phi) is 6.54. The third-order valence-corrected chi connectivity index (χ3v) is 4.03. The first-order chi connectivity index (χ1) is 10.0. The average molecular weight is 321 g/mol. The van der Waals surface area contributed by atoms with Gasteiger partial charge in [-0.05, 0) is 56.9 Å². The van der Waals surface area contributed by atoms with Gasteiger partial charge in [-0.1, -0.05) is 57.2 Å². The fraction of sp³-hybridized carbons (Fsp3) is 0.632. The molecule has 0 spiro atoms. The van der Waals surface area contributed by atoms with Gasteiger partial charge in [0.2, 0.25) is 0 Å². The minimum absolute atomic E-state index is 0.0774. The molecule has 0 aliphatic rings. The summed E-state index contributed by atoms with van der Waals surface area (Å²) in [4.78, 5) is 4.81. The number of aryl methyl sites for hydroxylation is 1. The number of hydrogen-bond acceptors (Lipinski definition) is 2. The third-order valence-electron chi connectivity index (χ3n) is 3.45. The van der Waals surface area contributed by atoms with Crippen LogP contribution in [0.25, 0.3) is 0 Å². The number of nitrogens with one attached hydrogen (secondary N) is 1. The number of hydrogen-bond donors (Lipinski definition) is 1. The first-order valence-corrected chi connectivity index (χ1v) is 9.33. The van der Waals surface area contributed by atoms with Crippen LogP contribution >= 0.6 is 11.8 Å². The van der Waals surface area contributed by atoms with Crippen LogP contribution < -0.4 is 5.32 Å². The fourth-order valence-electron chi connectivity index (χ4n) is 2.43. The molecule has 0 saturated carbocycles. The topological polar surface area (TPSA) is 24.4 Å². The van der Waals surface area contributed by atoms with Crippen molar-refractivity contribution in [2.45, 2.75) is 72.8 Å². The molecule has 124 valence electrons. The normalized spacial score (nSPS) is 13.1. The molecule has 0 aliphatic carbocycles. The van der Waals surface area contributed by atoms with E-state index in [2.05, 4.69) is 79.1 Å². The smallest absolute Gasteiger partial charge is 0.161 e. The van der Waals surface area contributed by atoms with E-state index in [0.717, 1.165) is 5.17 Å². The van der Waals surface area contributed by atoms with Crippen LogP contribution in [-0.4, -0.2) is 17.0 Å². The Morgan fingerprint density at radius 1 is 1.05 bits per heavy atom. The lowest BCUT2D eigenvalue weighted by atomic mass is 9.90. The van der Waals surface area contributed by atoms with Crippen molar-refractivity contribution in [1.82, 2.24) is 0 Å². The van der Waals surface area contributed by atoms with Crippen LogP contribution in [0.5, 0.6) is 0 Å². The van der Waals surface area contributed by atoms with E-state index in [4.69, 9.17) is 4.99 Å². The van der Waals surface area contributed by atoms with E-state index in [1.165, 1.54) is 22.4 Å². The standard InChI is InChI=1S/C19H32N2S/c1-12(2)15-10-14(5)11-16(13(3)4)17(15)20-18(22-9)21-19(6,7)8/h10-13H,1-9H3,(H,20,21). The minimum atomic E-state index is -0.0774. The highest BCUT2D eigenvalue weighted by Gasteiger charge is 2.17. The van der Waals surface area contributed by atoms with Crippen LogP contribution in [0.15, 0.2) is 17.1 Å². The van der Waals surface area contributed by atoms with Gasteiger partial charge in [-0.3, -0.25) is 4.99 Å². The van der Waals surface area contributed by atoms with Crippen LogP contribution in [0.4, 0.5) is 5.69 Å². The lowest BCUT2D eigenvalue weighted by Crippen LogP contribution is -2.19. The summed E-state index contributed by atoms with van der Waals surface area (Å²) in [5.74, 6) is 0.968. The summed E-state index contributed by atoms with van der Waals surface area (Å²) in [7, 11) is 0. The predicted molar refractivity (Wildman–Crippen MR) is 104 cm³/mol. The molecule has 0 radical (unpaired) electrons. The van der Waals surface area contributed by atoms with E-state index in [1.807, 2.05) is 0 Å².